The summed E-state index contributed by atoms with van der Waals surface area (Å²) >= 11 is 0. The normalized spacial score (nSPS) is 24.9. The van der Waals surface area contributed by atoms with E-state index < -0.39 is 0 Å². The molecule has 3 atom stereocenters. The second-order valence-electron chi connectivity index (χ2n) is 8.61. The molecule has 3 N–H and O–H groups in total. The summed E-state index contributed by atoms with van der Waals surface area (Å²) in [7, 11) is 0. The summed E-state index contributed by atoms with van der Waals surface area (Å²) in [6.45, 7) is 7.59. The Hall–Kier alpha value is -1.76. The van der Waals surface area contributed by atoms with E-state index in [9.17, 15) is 0 Å². The average Bonchev–Trinajstić information content (AvgIpc) is 3.12. The van der Waals surface area contributed by atoms with Crippen molar-refractivity contribution in [2.24, 2.45) is 5.92 Å². The van der Waals surface area contributed by atoms with Crippen LogP contribution in [0, 0.1) is 23.7 Å². The van der Waals surface area contributed by atoms with Gasteiger partial charge in [0.2, 0.25) is 5.89 Å². The number of amidine groups is 1. The van der Waals surface area contributed by atoms with E-state index >= 15 is 0 Å². The van der Waals surface area contributed by atoms with E-state index in [0.29, 0.717) is 47.7 Å². The summed E-state index contributed by atoms with van der Waals surface area (Å²) in [6.07, 6.45) is 9.34. The van der Waals surface area contributed by atoms with Gasteiger partial charge in [-0.1, -0.05) is 37.8 Å². The van der Waals surface area contributed by atoms with Crippen LogP contribution in [0.1, 0.15) is 82.8 Å². The molecular formula is C21H36N6O. The molecule has 1 saturated carbocycles. The Kier molecular flexibility index (Phi) is 7.21. The minimum absolute atomic E-state index is 0.320. The highest BCUT2D eigenvalue weighted by atomic mass is 16.5. The third-order valence-electron chi connectivity index (χ3n) is 6.34. The fourth-order valence-electron chi connectivity index (χ4n) is 4.74. The molecule has 156 valence electrons. The molecule has 1 saturated heterocycles. The molecule has 1 aliphatic carbocycles. The van der Waals surface area contributed by atoms with Gasteiger partial charge in [-0.05, 0) is 39.0 Å². The first-order chi connectivity index (χ1) is 13.5. The van der Waals surface area contributed by atoms with Gasteiger partial charge in [0.25, 0.3) is 0 Å². The van der Waals surface area contributed by atoms with Crippen LogP contribution >= 0.6 is 0 Å². The molecule has 3 rings (SSSR count). The van der Waals surface area contributed by atoms with Crippen LogP contribution in [0.3, 0.4) is 0 Å². The molecule has 0 aromatic carbocycles. The van der Waals surface area contributed by atoms with Crippen molar-refractivity contribution in [3.63, 3.8) is 0 Å². The van der Waals surface area contributed by atoms with Crippen LogP contribution in [0.25, 0.3) is 0 Å². The van der Waals surface area contributed by atoms with Crippen molar-refractivity contribution in [2.45, 2.75) is 90.1 Å². The molecule has 0 spiro atoms. The second kappa shape index (κ2) is 9.63. The number of nitrogens with zero attached hydrogens (tertiary/aromatic N) is 3. The Morgan fingerprint density at radius 3 is 2.61 bits per heavy atom. The van der Waals surface area contributed by atoms with Gasteiger partial charge >= 0.3 is 0 Å². The summed E-state index contributed by atoms with van der Waals surface area (Å²) in [5.41, 5.74) is 0.534. The fraction of sp³-hybridized carbons (Fsp3) is 0.810. The van der Waals surface area contributed by atoms with Gasteiger partial charge in [0.1, 0.15) is 11.8 Å². The Bertz CT molecular complexity index is 666. The van der Waals surface area contributed by atoms with E-state index in [-0.39, 0.29) is 5.92 Å². The maximum absolute atomic E-state index is 8.85. The van der Waals surface area contributed by atoms with Gasteiger partial charge in [-0.25, -0.2) is 0 Å². The zero-order valence-electron chi connectivity index (χ0n) is 17.6. The fourth-order valence-corrected chi connectivity index (χ4v) is 4.74. The van der Waals surface area contributed by atoms with Crippen LogP contribution in [0.4, 0.5) is 0 Å². The summed E-state index contributed by atoms with van der Waals surface area (Å²) < 4.78 is 5.38. The third kappa shape index (κ3) is 5.19. The number of hydrogen-bond acceptors (Lipinski definition) is 6. The third-order valence-corrected chi connectivity index (χ3v) is 6.34. The highest BCUT2D eigenvalue weighted by molar-refractivity contribution is 5.91. The number of likely N-dealkylation sites (tertiary alicyclic amines) is 1. The van der Waals surface area contributed by atoms with Crippen molar-refractivity contribution < 1.29 is 4.52 Å². The number of rotatable bonds is 7. The minimum Gasteiger partial charge on any atom is -0.359 e. The molecule has 2 fully saturated rings. The number of piperidine rings is 1. The van der Waals surface area contributed by atoms with Crippen molar-refractivity contribution in [3.05, 3.63) is 11.7 Å². The number of hydrogen-bond donors (Lipinski definition) is 3. The van der Waals surface area contributed by atoms with Crippen LogP contribution in [0.2, 0.25) is 0 Å². The summed E-state index contributed by atoms with van der Waals surface area (Å²) in [4.78, 5) is 6.54. The monoisotopic (exact) mass is 388 g/mol. The number of aromatic nitrogens is 2. The molecule has 0 radical (unpaired) electrons. The molecule has 1 aromatic heterocycles. The molecule has 28 heavy (non-hydrogen) atoms. The first-order valence-corrected chi connectivity index (χ1v) is 10.9. The van der Waals surface area contributed by atoms with Gasteiger partial charge in [0.15, 0.2) is 5.82 Å². The lowest BCUT2D eigenvalue weighted by Crippen LogP contribution is -2.54. The van der Waals surface area contributed by atoms with Crippen LogP contribution in [0.5, 0.6) is 0 Å². The quantitative estimate of drug-likeness (QED) is 0.486. The van der Waals surface area contributed by atoms with Crippen LogP contribution in [0.15, 0.2) is 4.52 Å². The smallest absolute Gasteiger partial charge is 0.237 e. The van der Waals surface area contributed by atoms with Crippen molar-refractivity contribution in [1.82, 2.24) is 20.4 Å². The summed E-state index contributed by atoms with van der Waals surface area (Å²) in [5, 5.41) is 24.6. The molecule has 7 nitrogen and oxygen atoms in total. The zero-order chi connectivity index (χ0) is 20.1. The van der Waals surface area contributed by atoms with E-state index in [0.717, 1.165) is 25.9 Å². The first-order valence-electron chi connectivity index (χ1n) is 10.9. The maximum atomic E-state index is 8.85. The first kappa shape index (κ1) is 21.0. The topological polar surface area (TPSA) is 102 Å². The molecule has 0 bridgehead atoms. The standard InChI is InChI=1S/C21H36N6O/c1-4-16-13-27(11-10-19(16)25-17-8-6-5-7-9-17)20(23)18(12-14(2)22)21-24-15(3)26-28-21/h16-19,22-23,25H,4-13H2,1-3H3. The van der Waals surface area contributed by atoms with E-state index in [4.69, 9.17) is 15.3 Å². The van der Waals surface area contributed by atoms with Crippen molar-refractivity contribution in [1.29, 1.82) is 10.8 Å². The lowest BCUT2D eigenvalue weighted by atomic mass is 9.86. The SMILES string of the molecule is CCC1CN(C(=N)C(CC(C)=N)c2nc(C)no2)CCC1NC1CCCCC1. The number of aryl methyl sites for hydroxylation is 1. The van der Waals surface area contributed by atoms with Gasteiger partial charge in [-0.2, -0.15) is 4.98 Å². The molecule has 1 aliphatic heterocycles. The van der Waals surface area contributed by atoms with E-state index in [1.807, 2.05) is 0 Å². The lowest BCUT2D eigenvalue weighted by Gasteiger charge is -2.42. The predicted octanol–water partition coefficient (Wildman–Crippen LogP) is 3.89. The largest absolute Gasteiger partial charge is 0.359 e. The molecule has 1 aromatic rings. The average molecular weight is 389 g/mol. The summed E-state index contributed by atoms with van der Waals surface area (Å²) in [5.74, 6) is 1.79. The Morgan fingerprint density at radius 1 is 1.25 bits per heavy atom. The molecule has 2 heterocycles. The Labute approximate surface area is 168 Å². The van der Waals surface area contributed by atoms with Gasteiger partial charge in [-0.3, -0.25) is 5.41 Å². The molecule has 0 amide bonds. The van der Waals surface area contributed by atoms with Crippen molar-refractivity contribution in [2.75, 3.05) is 13.1 Å². The highest BCUT2D eigenvalue weighted by Crippen LogP contribution is 2.28. The van der Waals surface area contributed by atoms with Gasteiger partial charge in [0, 0.05) is 37.3 Å². The van der Waals surface area contributed by atoms with E-state index in [2.05, 4.69) is 27.3 Å². The van der Waals surface area contributed by atoms with Gasteiger partial charge in [0.05, 0.1) is 0 Å². The number of nitrogens with one attached hydrogen (secondary N) is 3. The Morgan fingerprint density at radius 2 is 2.00 bits per heavy atom. The van der Waals surface area contributed by atoms with Crippen molar-refractivity contribution >= 4 is 11.5 Å². The highest BCUT2D eigenvalue weighted by Gasteiger charge is 2.34. The van der Waals surface area contributed by atoms with Gasteiger partial charge in [-0.15, -0.1) is 0 Å². The molecular weight excluding hydrogens is 352 g/mol. The maximum Gasteiger partial charge on any atom is 0.237 e. The predicted molar refractivity (Wildman–Crippen MR) is 111 cm³/mol. The zero-order valence-corrected chi connectivity index (χ0v) is 17.6. The van der Waals surface area contributed by atoms with Crippen molar-refractivity contribution in [3.8, 4) is 0 Å². The minimum atomic E-state index is -0.320. The molecule has 3 unspecified atom stereocenters. The van der Waals surface area contributed by atoms with E-state index in [1.54, 1.807) is 13.8 Å². The molecule has 7 heteroatoms. The Balaban J connectivity index is 1.65. The van der Waals surface area contributed by atoms with Crippen LogP contribution in [-0.4, -0.2) is 51.8 Å². The molecule has 2 aliphatic rings. The van der Waals surface area contributed by atoms with E-state index in [1.165, 1.54) is 32.1 Å². The summed E-state index contributed by atoms with van der Waals surface area (Å²) in [6, 6.07) is 1.22. The lowest BCUT2D eigenvalue weighted by molar-refractivity contribution is 0.169. The van der Waals surface area contributed by atoms with Crippen LogP contribution < -0.4 is 5.32 Å². The van der Waals surface area contributed by atoms with Gasteiger partial charge < -0.3 is 20.1 Å². The second-order valence-corrected chi connectivity index (χ2v) is 8.61. The van der Waals surface area contributed by atoms with Crippen LogP contribution in [-0.2, 0) is 0 Å².